The monoisotopic (exact) mass is 372 g/mol. The highest BCUT2D eigenvalue weighted by molar-refractivity contribution is 5.41. The van der Waals surface area contributed by atoms with Crippen LogP contribution in [-0.4, -0.2) is 38.1 Å². The van der Waals surface area contributed by atoms with E-state index in [1.807, 2.05) is 36.4 Å². The molecule has 146 valence electrons. The first kappa shape index (κ1) is 21.0. The van der Waals surface area contributed by atoms with Crippen LogP contribution in [-0.2, 0) is 15.2 Å². The second-order valence-electron chi connectivity index (χ2n) is 6.70. The van der Waals surface area contributed by atoms with E-state index >= 15 is 0 Å². The lowest BCUT2D eigenvalue weighted by Gasteiger charge is -2.26. The normalized spacial score (nSPS) is 12.4. The van der Waals surface area contributed by atoms with Gasteiger partial charge in [-0.05, 0) is 35.4 Å². The molecule has 2 aromatic carbocycles. The van der Waals surface area contributed by atoms with E-state index in [2.05, 4.69) is 32.6 Å². The summed E-state index contributed by atoms with van der Waals surface area (Å²) in [5.41, 5.74) is 2.21. The van der Waals surface area contributed by atoms with Crippen LogP contribution in [0.4, 0.5) is 0 Å². The Morgan fingerprint density at radius 3 is 2.00 bits per heavy atom. The minimum Gasteiger partial charge on any atom is -0.497 e. The number of benzene rings is 2. The van der Waals surface area contributed by atoms with Gasteiger partial charge in [0, 0.05) is 5.41 Å². The van der Waals surface area contributed by atoms with Gasteiger partial charge in [-0.2, -0.15) is 0 Å². The lowest BCUT2D eigenvalue weighted by Crippen LogP contribution is -2.23. The minimum atomic E-state index is -0.773. The van der Waals surface area contributed by atoms with Gasteiger partial charge in [0.05, 0.1) is 7.11 Å². The molecule has 0 amide bonds. The highest BCUT2D eigenvalue weighted by Gasteiger charge is 2.23. The van der Waals surface area contributed by atoms with Crippen LogP contribution in [0.5, 0.6) is 11.5 Å². The van der Waals surface area contributed by atoms with Crippen molar-refractivity contribution in [1.82, 2.24) is 0 Å². The quantitative estimate of drug-likeness (QED) is 0.281. The predicted octanol–water partition coefficient (Wildman–Crippen LogP) is 3.90. The van der Waals surface area contributed by atoms with Crippen LogP contribution >= 0.6 is 0 Å². The molecule has 1 unspecified atom stereocenters. The summed E-state index contributed by atoms with van der Waals surface area (Å²) < 4.78 is 10.8. The van der Waals surface area contributed by atoms with E-state index in [1.165, 1.54) is 11.1 Å². The number of aliphatic hydroxyl groups is 1. The molecule has 1 N–H and O–H groups in total. The summed E-state index contributed by atoms with van der Waals surface area (Å²) in [6.45, 7) is 8.30. The number of methoxy groups -OCH3 is 1. The molecule has 0 bridgehead atoms. The van der Waals surface area contributed by atoms with E-state index in [0.717, 1.165) is 5.75 Å². The molecule has 0 fully saturated rings. The topological polar surface area (TPSA) is 57.2 Å². The molecule has 5 nitrogen and oxygen atoms in total. The van der Waals surface area contributed by atoms with Crippen molar-refractivity contribution in [2.75, 3.05) is 26.9 Å². The van der Waals surface area contributed by atoms with Crippen LogP contribution in [0.25, 0.3) is 0 Å². The Bertz CT molecular complexity index is 692. The smallest absolute Gasteiger partial charge is 0.119 e. The maximum atomic E-state index is 9.82. The summed E-state index contributed by atoms with van der Waals surface area (Å²) in [5.74, 6) is 1.53. The summed E-state index contributed by atoms with van der Waals surface area (Å²) in [4.78, 5) is 9.62. The first-order chi connectivity index (χ1) is 13.0. The van der Waals surface area contributed by atoms with Gasteiger partial charge in [-0.1, -0.05) is 44.2 Å². The maximum Gasteiger partial charge on any atom is 0.119 e. The Hall–Kier alpha value is -2.34. The second kappa shape index (κ2) is 10.1. The number of ether oxygens (including phenoxy) is 2. The molecule has 0 aromatic heterocycles. The lowest BCUT2D eigenvalue weighted by atomic mass is 9.78. The van der Waals surface area contributed by atoms with Crippen molar-refractivity contribution in [3.05, 3.63) is 72.3 Å². The fourth-order valence-electron chi connectivity index (χ4n) is 2.61. The lowest BCUT2D eigenvalue weighted by molar-refractivity contribution is -0.298. The Balaban J connectivity index is 1.92. The van der Waals surface area contributed by atoms with E-state index in [0.29, 0.717) is 5.75 Å². The summed E-state index contributed by atoms with van der Waals surface area (Å²) in [5, 5.41) is 9.82. The third kappa shape index (κ3) is 6.10. The van der Waals surface area contributed by atoms with Gasteiger partial charge in [0.2, 0.25) is 0 Å². The van der Waals surface area contributed by atoms with Gasteiger partial charge in [0.1, 0.15) is 37.4 Å². The van der Waals surface area contributed by atoms with Crippen LogP contribution in [0.15, 0.2) is 61.2 Å². The summed E-state index contributed by atoms with van der Waals surface area (Å²) in [6, 6.07) is 16.0. The third-order valence-electron chi connectivity index (χ3n) is 4.36. The maximum absolute atomic E-state index is 9.82. The van der Waals surface area contributed by atoms with Gasteiger partial charge >= 0.3 is 0 Å². The molecule has 1 atom stereocenters. The van der Waals surface area contributed by atoms with Gasteiger partial charge in [0.15, 0.2) is 0 Å². The number of hydrogen-bond donors (Lipinski definition) is 1. The van der Waals surface area contributed by atoms with E-state index < -0.39 is 6.10 Å². The molecule has 0 aliphatic carbocycles. The zero-order chi connectivity index (χ0) is 19.7. The fraction of sp³-hybridized carbons (Fsp3) is 0.364. The van der Waals surface area contributed by atoms with Crippen molar-refractivity contribution in [1.29, 1.82) is 0 Å². The van der Waals surface area contributed by atoms with Gasteiger partial charge in [-0.15, -0.1) is 6.58 Å². The molecule has 5 heteroatoms. The Labute approximate surface area is 161 Å². The zero-order valence-corrected chi connectivity index (χ0v) is 16.2. The van der Waals surface area contributed by atoms with Crippen molar-refractivity contribution in [2.45, 2.75) is 25.4 Å². The predicted molar refractivity (Wildman–Crippen MR) is 105 cm³/mol. The Kier molecular flexibility index (Phi) is 7.85. The molecule has 0 saturated carbocycles. The minimum absolute atomic E-state index is 0.0381. The third-order valence-corrected chi connectivity index (χ3v) is 4.36. The molecule has 2 rings (SSSR count). The molecule has 2 aromatic rings. The Morgan fingerprint density at radius 1 is 0.926 bits per heavy atom. The van der Waals surface area contributed by atoms with Crippen LogP contribution in [0.2, 0.25) is 0 Å². The molecule has 27 heavy (non-hydrogen) atoms. The summed E-state index contributed by atoms with van der Waals surface area (Å²) >= 11 is 0. The van der Waals surface area contributed by atoms with Crippen molar-refractivity contribution < 1.29 is 24.4 Å². The molecule has 0 saturated heterocycles. The standard InChI is InChI=1S/C22H28O5/c1-5-14-26-27-16-19(23)15-25-21-12-8-18(9-13-21)22(2,3)17-6-10-20(24-4)11-7-17/h5-13,19,23H,1,14-16H2,2-4H3. The average Bonchev–Trinajstić information content (AvgIpc) is 2.70. The number of rotatable bonds is 11. The first-order valence-electron chi connectivity index (χ1n) is 8.88. The van der Waals surface area contributed by atoms with Crippen molar-refractivity contribution in [3.8, 4) is 11.5 Å². The molecule has 0 spiro atoms. The molecular formula is C22H28O5. The number of aliphatic hydroxyl groups excluding tert-OH is 1. The van der Waals surface area contributed by atoms with Crippen molar-refractivity contribution >= 4 is 0 Å². The van der Waals surface area contributed by atoms with Gasteiger partial charge in [0.25, 0.3) is 0 Å². The average molecular weight is 372 g/mol. The summed E-state index contributed by atoms with van der Waals surface area (Å²) in [7, 11) is 1.66. The SMILES string of the molecule is C=CCOOCC(O)COc1ccc(C(C)(C)c2ccc(OC)cc2)cc1. The Morgan fingerprint density at radius 2 is 1.48 bits per heavy atom. The molecule has 0 aliphatic rings. The zero-order valence-electron chi connectivity index (χ0n) is 16.2. The largest absolute Gasteiger partial charge is 0.497 e. The van der Waals surface area contributed by atoms with Crippen molar-refractivity contribution in [2.24, 2.45) is 0 Å². The second-order valence-corrected chi connectivity index (χ2v) is 6.70. The van der Waals surface area contributed by atoms with Gasteiger partial charge < -0.3 is 14.6 Å². The molecule has 0 radical (unpaired) electrons. The molecule has 0 heterocycles. The van der Waals surface area contributed by atoms with Crippen LogP contribution < -0.4 is 9.47 Å². The highest BCUT2D eigenvalue weighted by Crippen LogP contribution is 2.33. The fourth-order valence-corrected chi connectivity index (χ4v) is 2.61. The summed E-state index contributed by atoms with van der Waals surface area (Å²) in [6.07, 6.45) is 0.794. The highest BCUT2D eigenvalue weighted by atomic mass is 17.2. The molecule has 0 aliphatic heterocycles. The van der Waals surface area contributed by atoms with E-state index in [1.54, 1.807) is 13.2 Å². The molecular weight excluding hydrogens is 344 g/mol. The van der Waals surface area contributed by atoms with Gasteiger partial charge in [-0.25, -0.2) is 9.78 Å². The van der Waals surface area contributed by atoms with E-state index in [-0.39, 0.29) is 25.2 Å². The first-order valence-corrected chi connectivity index (χ1v) is 8.88. The van der Waals surface area contributed by atoms with Crippen LogP contribution in [0, 0.1) is 0 Å². The number of hydrogen-bond acceptors (Lipinski definition) is 5. The van der Waals surface area contributed by atoms with Crippen LogP contribution in [0.3, 0.4) is 0 Å². The van der Waals surface area contributed by atoms with E-state index in [9.17, 15) is 5.11 Å². The van der Waals surface area contributed by atoms with E-state index in [4.69, 9.17) is 19.2 Å². The van der Waals surface area contributed by atoms with Crippen LogP contribution in [0.1, 0.15) is 25.0 Å². The van der Waals surface area contributed by atoms with Gasteiger partial charge in [-0.3, -0.25) is 0 Å². The van der Waals surface area contributed by atoms with Crippen molar-refractivity contribution in [3.63, 3.8) is 0 Å².